The Morgan fingerprint density at radius 2 is 1.86 bits per heavy atom. The van der Waals surface area contributed by atoms with Crippen LogP contribution in [0, 0.1) is 0 Å². The number of para-hydroxylation sites is 1. The van der Waals surface area contributed by atoms with Crippen molar-refractivity contribution in [2.75, 3.05) is 13.2 Å². The smallest absolute Gasteiger partial charge is 0.220 e. The summed E-state index contributed by atoms with van der Waals surface area (Å²) in [6.07, 6.45) is 1.06. The Balaban J connectivity index is 1.59. The summed E-state index contributed by atoms with van der Waals surface area (Å²) in [6, 6.07) is 13.7. The summed E-state index contributed by atoms with van der Waals surface area (Å²) in [5.41, 5.74) is 1.98. The van der Waals surface area contributed by atoms with Gasteiger partial charge in [-0.2, -0.15) is 0 Å². The average Bonchev–Trinajstić information content (AvgIpc) is 3.11. The molecule has 1 aromatic heterocycles. The van der Waals surface area contributed by atoms with Gasteiger partial charge in [0.15, 0.2) is 11.5 Å². The van der Waals surface area contributed by atoms with E-state index in [-0.39, 0.29) is 11.9 Å². The molecule has 0 spiro atoms. The lowest BCUT2D eigenvalue weighted by molar-refractivity contribution is -0.121. The number of carbonyl (C=O) groups is 1. The number of hydrogen-bond acceptors (Lipinski definition) is 5. The number of nitrogens with zero attached hydrogens (tertiary/aromatic N) is 1. The van der Waals surface area contributed by atoms with Crippen molar-refractivity contribution in [1.29, 1.82) is 0 Å². The Kier molecular flexibility index (Phi) is 6.87. The highest BCUT2D eigenvalue weighted by molar-refractivity contribution is 7.18. The molecule has 3 rings (SSSR count). The summed E-state index contributed by atoms with van der Waals surface area (Å²) < 4.78 is 12.4. The van der Waals surface area contributed by atoms with Crippen LogP contribution in [0.3, 0.4) is 0 Å². The summed E-state index contributed by atoms with van der Waals surface area (Å²) in [5, 5.41) is 4.05. The van der Waals surface area contributed by atoms with Gasteiger partial charge < -0.3 is 14.8 Å². The maximum Gasteiger partial charge on any atom is 0.220 e. The number of aryl methyl sites for hydroxylation is 1. The third-order valence-electron chi connectivity index (χ3n) is 4.35. The van der Waals surface area contributed by atoms with Gasteiger partial charge >= 0.3 is 0 Å². The van der Waals surface area contributed by atoms with Gasteiger partial charge in [0.25, 0.3) is 0 Å². The number of hydrogen-bond donors (Lipinski definition) is 1. The summed E-state index contributed by atoms with van der Waals surface area (Å²) in [5.74, 6) is 1.44. The van der Waals surface area contributed by atoms with Crippen LogP contribution in [0.2, 0.25) is 0 Å². The van der Waals surface area contributed by atoms with Crippen LogP contribution in [-0.2, 0) is 11.2 Å². The molecule has 0 unspecified atom stereocenters. The molecule has 1 N–H and O–H groups in total. The molecule has 1 heterocycles. The fourth-order valence-corrected chi connectivity index (χ4v) is 3.95. The van der Waals surface area contributed by atoms with Crippen molar-refractivity contribution in [3.8, 4) is 11.5 Å². The summed E-state index contributed by atoms with van der Waals surface area (Å²) in [6.45, 7) is 7.00. The van der Waals surface area contributed by atoms with Crippen LogP contribution in [0.15, 0.2) is 42.5 Å². The standard InChI is InChI=1S/C22H26N2O3S/c1-4-26-18-11-10-16(14-19(18)27-5-2)15(3)23-21(25)12-13-22-24-17-8-6-7-9-20(17)28-22/h6-11,14-15H,4-5,12-13H2,1-3H3,(H,23,25)/t15-/m0/s1. The third-order valence-corrected chi connectivity index (χ3v) is 5.45. The number of ether oxygens (including phenoxy) is 2. The van der Waals surface area contributed by atoms with E-state index in [1.807, 2.05) is 57.2 Å². The van der Waals surface area contributed by atoms with E-state index in [1.54, 1.807) is 11.3 Å². The summed E-state index contributed by atoms with van der Waals surface area (Å²) >= 11 is 1.65. The largest absolute Gasteiger partial charge is 0.490 e. The van der Waals surface area contributed by atoms with Crippen LogP contribution < -0.4 is 14.8 Å². The Bertz CT molecular complexity index is 905. The highest BCUT2D eigenvalue weighted by Gasteiger charge is 2.14. The van der Waals surface area contributed by atoms with Gasteiger partial charge in [-0.25, -0.2) is 4.98 Å². The minimum Gasteiger partial charge on any atom is -0.490 e. The first kappa shape index (κ1) is 20.1. The molecule has 0 saturated carbocycles. The van der Waals surface area contributed by atoms with Gasteiger partial charge in [-0.3, -0.25) is 4.79 Å². The minimum absolute atomic E-state index is 0.0126. The summed E-state index contributed by atoms with van der Waals surface area (Å²) in [4.78, 5) is 17.0. The van der Waals surface area contributed by atoms with Crippen LogP contribution in [0.4, 0.5) is 0 Å². The van der Waals surface area contributed by atoms with Crippen molar-refractivity contribution in [3.63, 3.8) is 0 Å². The normalized spacial score (nSPS) is 12.0. The van der Waals surface area contributed by atoms with E-state index in [2.05, 4.69) is 16.4 Å². The second-order valence-corrected chi connectivity index (χ2v) is 7.55. The predicted molar refractivity (Wildman–Crippen MR) is 113 cm³/mol. The molecule has 5 nitrogen and oxygen atoms in total. The molecule has 28 heavy (non-hydrogen) atoms. The van der Waals surface area contributed by atoms with Crippen LogP contribution in [0.25, 0.3) is 10.2 Å². The van der Waals surface area contributed by atoms with E-state index in [4.69, 9.17) is 9.47 Å². The SMILES string of the molecule is CCOc1ccc([C@H](C)NC(=O)CCc2nc3ccccc3s2)cc1OCC. The lowest BCUT2D eigenvalue weighted by Gasteiger charge is -2.17. The zero-order valence-corrected chi connectivity index (χ0v) is 17.3. The average molecular weight is 399 g/mol. The quantitative estimate of drug-likeness (QED) is 0.557. The molecule has 0 aliphatic heterocycles. The molecule has 6 heteroatoms. The van der Waals surface area contributed by atoms with Crippen molar-refractivity contribution >= 4 is 27.5 Å². The fraction of sp³-hybridized carbons (Fsp3) is 0.364. The highest BCUT2D eigenvalue weighted by Crippen LogP contribution is 2.31. The molecule has 0 saturated heterocycles. The molecule has 0 radical (unpaired) electrons. The van der Waals surface area contributed by atoms with Crippen molar-refractivity contribution in [1.82, 2.24) is 10.3 Å². The molecule has 2 aromatic carbocycles. The molecule has 148 valence electrons. The van der Waals surface area contributed by atoms with E-state index >= 15 is 0 Å². The maximum absolute atomic E-state index is 12.4. The number of aromatic nitrogens is 1. The predicted octanol–water partition coefficient (Wildman–Crippen LogP) is 4.90. The molecule has 1 atom stereocenters. The number of benzene rings is 2. The van der Waals surface area contributed by atoms with Gasteiger partial charge in [-0.1, -0.05) is 18.2 Å². The Morgan fingerprint density at radius 3 is 2.61 bits per heavy atom. The van der Waals surface area contributed by atoms with Crippen LogP contribution in [-0.4, -0.2) is 24.1 Å². The Hall–Kier alpha value is -2.60. The lowest BCUT2D eigenvalue weighted by Crippen LogP contribution is -2.26. The van der Waals surface area contributed by atoms with Crippen LogP contribution in [0.1, 0.15) is 43.8 Å². The monoisotopic (exact) mass is 398 g/mol. The van der Waals surface area contributed by atoms with Crippen LogP contribution in [0.5, 0.6) is 11.5 Å². The van der Waals surface area contributed by atoms with Gasteiger partial charge in [0.2, 0.25) is 5.91 Å². The molecule has 0 bridgehead atoms. The second kappa shape index (κ2) is 9.55. The maximum atomic E-state index is 12.4. The fourth-order valence-electron chi connectivity index (χ4n) is 2.98. The number of amides is 1. The molecule has 1 amide bonds. The van der Waals surface area contributed by atoms with Gasteiger partial charge in [-0.15, -0.1) is 11.3 Å². The Morgan fingerprint density at radius 1 is 1.11 bits per heavy atom. The zero-order valence-electron chi connectivity index (χ0n) is 16.5. The second-order valence-electron chi connectivity index (χ2n) is 6.44. The van der Waals surface area contributed by atoms with E-state index in [1.165, 1.54) is 0 Å². The zero-order chi connectivity index (χ0) is 19.9. The molecular formula is C22H26N2O3S. The van der Waals surface area contributed by atoms with Crippen molar-refractivity contribution in [2.24, 2.45) is 0 Å². The van der Waals surface area contributed by atoms with Crippen molar-refractivity contribution in [3.05, 3.63) is 53.0 Å². The molecule has 3 aromatic rings. The Labute approximate surface area is 169 Å². The first-order valence-electron chi connectivity index (χ1n) is 9.64. The third kappa shape index (κ3) is 5.01. The van der Waals surface area contributed by atoms with E-state index in [0.717, 1.165) is 26.5 Å². The number of nitrogens with one attached hydrogen (secondary N) is 1. The van der Waals surface area contributed by atoms with E-state index in [0.29, 0.717) is 31.8 Å². The highest BCUT2D eigenvalue weighted by atomic mass is 32.1. The van der Waals surface area contributed by atoms with E-state index in [9.17, 15) is 4.79 Å². The first-order chi connectivity index (χ1) is 13.6. The minimum atomic E-state index is -0.113. The molecule has 0 aliphatic carbocycles. The molecule has 0 aliphatic rings. The van der Waals surface area contributed by atoms with Gasteiger partial charge in [0, 0.05) is 12.8 Å². The van der Waals surface area contributed by atoms with Gasteiger partial charge in [-0.05, 0) is 50.6 Å². The summed E-state index contributed by atoms with van der Waals surface area (Å²) in [7, 11) is 0. The van der Waals surface area contributed by atoms with Crippen LogP contribution >= 0.6 is 11.3 Å². The number of thiazole rings is 1. The van der Waals surface area contributed by atoms with Crippen molar-refractivity contribution in [2.45, 2.75) is 39.7 Å². The number of carbonyl (C=O) groups excluding carboxylic acids is 1. The number of rotatable bonds is 9. The van der Waals surface area contributed by atoms with Gasteiger partial charge in [0.05, 0.1) is 34.5 Å². The van der Waals surface area contributed by atoms with E-state index < -0.39 is 0 Å². The molecule has 0 fully saturated rings. The lowest BCUT2D eigenvalue weighted by atomic mass is 10.1. The topological polar surface area (TPSA) is 60.5 Å². The van der Waals surface area contributed by atoms with Crippen molar-refractivity contribution < 1.29 is 14.3 Å². The number of fused-ring (bicyclic) bond motifs is 1. The first-order valence-corrected chi connectivity index (χ1v) is 10.5. The molecular weight excluding hydrogens is 372 g/mol. The van der Waals surface area contributed by atoms with Gasteiger partial charge in [0.1, 0.15) is 0 Å².